The van der Waals surface area contributed by atoms with E-state index in [1.54, 1.807) is 31.2 Å². The number of carbonyl (C=O) groups is 1. The molecule has 34 heavy (non-hydrogen) atoms. The van der Waals surface area contributed by atoms with Crippen molar-refractivity contribution in [2.75, 3.05) is 4.72 Å². The Morgan fingerprint density at radius 2 is 1.53 bits per heavy atom. The van der Waals surface area contributed by atoms with E-state index in [1.807, 2.05) is 26.8 Å². The van der Waals surface area contributed by atoms with Crippen molar-refractivity contribution in [3.05, 3.63) is 93.5 Å². The summed E-state index contributed by atoms with van der Waals surface area (Å²) in [5.74, 6) is -0.298. The number of sulfonamides is 1. The minimum Gasteiger partial charge on any atom is -0.346 e. The Morgan fingerprint density at radius 3 is 2.24 bits per heavy atom. The van der Waals surface area contributed by atoms with Crippen molar-refractivity contribution >= 4 is 21.6 Å². The quantitative estimate of drug-likeness (QED) is 0.473. The molecule has 2 N–H and O–H groups in total. The summed E-state index contributed by atoms with van der Waals surface area (Å²) in [6.07, 6.45) is 4.63. The first-order valence-corrected chi connectivity index (χ1v) is 13.2. The summed E-state index contributed by atoms with van der Waals surface area (Å²) in [4.78, 5) is 13.1. The van der Waals surface area contributed by atoms with E-state index in [2.05, 4.69) is 28.2 Å². The molecule has 0 aromatic heterocycles. The van der Waals surface area contributed by atoms with Crippen molar-refractivity contribution < 1.29 is 13.2 Å². The van der Waals surface area contributed by atoms with Crippen molar-refractivity contribution in [2.24, 2.45) is 0 Å². The lowest BCUT2D eigenvalue weighted by atomic mass is 9.89. The van der Waals surface area contributed by atoms with Crippen molar-refractivity contribution in [2.45, 2.75) is 64.3 Å². The molecule has 0 aliphatic heterocycles. The zero-order chi connectivity index (χ0) is 24.5. The number of hydrogen-bond donors (Lipinski definition) is 2. The second kappa shape index (κ2) is 9.63. The third-order valence-electron chi connectivity index (χ3n) is 6.43. The summed E-state index contributed by atoms with van der Waals surface area (Å²) in [5.41, 5.74) is 7.17. The van der Waals surface area contributed by atoms with Gasteiger partial charge in [-0.25, -0.2) is 8.42 Å². The summed E-state index contributed by atoms with van der Waals surface area (Å²) in [5, 5.41) is 3.03. The van der Waals surface area contributed by atoms with E-state index >= 15 is 0 Å². The van der Waals surface area contributed by atoms with Crippen LogP contribution >= 0.6 is 0 Å². The lowest BCUT2D eigenvalue weighted by Gasteiger charge is -2.20. The molecule has 1 atom stereocenters. The fraction of sp³-hybridized carbons (Fsp3) is 0.321. The smallest absolute Gasteiger partial charge is 0.262 e. The average Bonchev–Trinajstić information content (AvgIpc) is 2.77. The maximum atomic E-state index is 13.2. The Bertz CT molecular complexity index is 1330. The third kappa shape index (κ3) is 5.33. The highest BCUT2D eigenvalue weighted by Crippen LogP contribution is 2.26. The number of hydrogen-bond acceptors (Lipinski definition) is 3. The standard InChI is InChI=1S/C28H32N2O3S/c1-18-13-19(2)15-26(14-18)30-34(32,33)27-17-25(10-9-20(27)3)28(31)29-21(4)23-12-11-22-7-5-6-8-24(22)16-23/h9-17,21,30H,5-8H2,1-4H3,(H,29,31)/t21-/m0/s1. The van der Waals surface area contributed by atoms with Gasteiger partial charge in [0.15, 0.2) is 0 Å². The molecular formula is C28H32N2O3S. The maximum absolute atomic E-state index is 13.2. The molecule has 0 heterocycles. The number of fused-ring (bicyclic) bond motifs is 1. The highest BCUT2D eigenvalue weighted by Gasteiger charge is 2.21. The first kappa shape index (κ1) is 24.0. The highest BCUT2D eigenvalue weighted by molar-refractivity contribution is 7.92. The van der Waals surface area contributed by atoms with Crippen LogP contribution in [0.2, 0.25) is 0 Å². The minimum atomic E-state index is -3.85. The molecule has 3 aromatic rings. The normalized spacial score (nSPS) is 14.2. The number of carbonyl (C=O) groups excluding carboxylic acids is 1. The Morgan fingerprint density at radius 1 is 0.853 bits per heavy atom. The zero-order valence-corrected chi connectivity index (χ0v) is 21.1. The molecule has 6 heteroatoms. The van der Waals surface area contributed by atoms with Crippen LogP contribution in [0.25, 0.3) is 0 Å². The summed E-state index contributed by atoms with van der Waals surface area (Å²) in [6.45, 7) is 7.53. The second-order valence-corrected chi connectivity index (χ2v) is 11.0. The largest absolute Gasteiger partial charge is 0.346 e. The van der Waals surface area contributed by atoms with E-state index < -0.39 is 10.0 Å². The van der Waals surface area contributed by atoms with Crippen LogP contribution in [-0.4, -0.2) is 14.3 Å². The highest BCUT2D eigenvalue weighted by atomic mass is 32.2. The van der Waals surface area contributed by atoms with Gasteiger partial charge in [-0.3, -0.25) is 9.52 Å². The van der Waals surface area contributed by atoms with Gasteiger partial charge in [0.2, 0.25) is 0 Å². The van der Waals surface area contributed by atoms with E-state index in [-0.39, 0.29) is 16.8 Å². The average molecular weight is 477 g/mol. The van der Waals surface area contributed by atoms with Gasteiger partial charge in [-0.1, -0.05) is 30.3 Å². The second-order valence-electron chi connectivity index (χ2n) is 9.39. The molecular weight excluding hydrogens is 444 g/mol. The monoisotopic (exact) mass is 476 g/mol. The van der Waals surface area contributed by atoms with Gasteiger partial charge in [-0.2, -0.15) is 0 Å². The minimum absolute atomic E-state index is 0.0979. The summed E-state index contributed by atoms with van der Waals surface area (Å²) in [6, 6.07) is 16.6. The van der Waals surface area contributed by atoms with Gasteiger partial charge in [0.1, 0.15) is 0 Å². The zero-order valence-electron chi connectivity index (χ0n) is 20.2. The number of anilines is 1. The Balaban J connectivity index is 1.54. The molecule has 3 aromatic carbocycles. The third-order valence-corrected chi connectivity index (χ3v) is 7.96. The van der Waals surface area contributed by atoms with E-state index in [0.29, 0.717) is 16.8 Å². The molecule has 0 unspecified atom stereocenters. The molecule has 4 rings (SSSR count). The SMILES string of the molecule is Cc1cc(C)cc(NS(=O)(=O)c2cc(C(=O)N[C@@H](C)c3ccc4c(c3)CCCC4)ccc2C)c1. The molecule has 0 radical (unpaired) electrons. The Labute approximate surface area is 202 Å². The molecule has 1 aliphatic carbocycles. The van der Waals surface area contributed by atoms with Crippen LogP contribution in [0.3, 0.4) is 0 Å². The fourth-order valence-electron chi connectivity index (χ4n) is 4.66. The van der Waals surface area contributed by atoms with E-state index in [0.717, 1.165) is 29.5 Å². The van der Waals surface area contributed by atoms with Gasteiger partial charge in [0.05, 0.1) is 10.9 Å². The van der Waals surface area contributed by atoms with Crippen LogP contribution in [-0.2, 0) is 22.9 Å². The van der Waals surface area contributed by atoms with Gasteiger partial charge in [-0.15, -0.1) is 0 Å². The number of amides is 1. The number of nitrogens with one attached hydrogen (secondary N) is 2. The van der Waals surface area contributed by atoms with Crippen LogP contribution < -0.4 is 10.0 Å². The van der Waals surface area contributed by atoms with E-state index in [1.165, 1.54) is 30.0 Å². The number of rotatable bonds is 6. The van der Waals surface area contributed by atoms with Gasteiger partial charge in [0, 0.05) is 11.3 Å². The fourth-order valence-corrected chi connectivity index (χ4v) is 5.97. The van der Waals surface area contributed by atoms with Gasteiger partial charge < -0.3 is 5.32 Å². The molecule has 1 amide bonds. The summed E-state index contributed by atoms with van der Waals surface area (Å²) >= 11 is 0. The Kier molecular flexibility index (Phi) is 6.80. The van der Waals surface area contributed by atoms with Crippen LogP contribution in [0, 0.1) is 20.8 Å². The molecule has 0 bridgehead atoms. The molecule has 0 saturated carbocycles. The van der Waals surface area contributed by atoms with Crippen molar-refractivity contribution in [3.8, 4) is 0 Å². The molecule has 5 nitrogen and oxygen atoms in total. The number of benzene rings is 3. The predicted octanol–water partition coefficient (Wildman–Crippen LogP) is 5.78. The summed E-state index contributed by atoms with van der Waals surface area (Å²) in [7, 11) is -3.85. The molecule has 0 spiro atoms. The topological polar surface area (TPSA) is 75.3 Å². The summed E-state index contributed by atoms with van der Waals surface area (Å²) < 4.78 is 29.0. The molecule has 0 fully saturated rings. The van der Waals surface area contributed by atoms with Crippen molar-refractivity contribution in [1.29, 1.82) is 0 Å². The first-order valence-electron chi connectivity index (χ1n) is 11.8. The van der Waals surface area contributed by atoms with E-state index in [9.17, 15) is 13.2 Å². The first-order chi connectivity index (χ1) is 16.1. The number of aryl methyl sites for hydroxylation is 5. The van der Waals surface area contributed by atoms with Crippen molar-refractivity contribution in [1.82, 2.24) is 5.32 Å². The van der Waals surface area contributed by atoms with E-state index in [4.69, 9.17) is 0 Å². The van der Waals surface area contributed by atoms with Gasteiger partial charge in [0.25, 0.3) is 15.9 Å². The lowest BCUT2D eigenvalue weighted by Crippen LogP contribution is -2.27. The molecule has 1 aliphatic rings. The maximum Gasteiger partial charge on any atom is 0.262 e. The van der Waals surface area contributed by atoms with Gasteiger partial charge in [-0.05, 0) is 111 Å². The lowest BCUT2D eigenvalue weighted by molar-refractivity contribution is 0.0939. The predicted molar refractivity (Wildman–Crippen MR) is 137 cm³/mol. The Hall–Kier alpha value is -3.12. The van der Waals surface area contributed by atoms with Crippen molar-refractivity contribution in [3.63, 3.8) is 0 Å². The molecule has 178 valence electrons. The van der Waals surface area contributed by atoms with Crippen LogP contribution in [0.1, 0.15) is 69.5 Å². The van der Waals surface area contributed by atoms with Crippen LogP contribution in [0.5, 0.6) is 0 Å². The van der Waals surface area contributed by atoms with Crippen LogP contribution in [0.15, 0.2) is 59.5 Å². The van der Waals surface area contributed by atoms with Crippen LogP contribution in [0.4, 0.5) is 5.69 Å². The van der Waals surface area contributed by atoms with Gasteiger partial charge >= 0.3 is 0 Å². The molecule has 0 saturated heterocycles.